The molecule has 5 heteroatoms. The number of nitrogens with zero attached hydrogens (tertiary/aromatic N) is 2. The van der Waals surface area contributed by atoms with Gasteiger partial charge in [0.2, 0.25) is 0 Å². The van der Waals surface area contributed by atoms with E-state index in [2.05, 4.69) is 39.5 Å². The number of nitrogens with one attached hydrogen (secondary N) is 2. The summed E-state index contributed by atoms with van der Waals surface area (Å²) in [6.45, 7) is 5.47. The average Bonchev–Trinajstić information content (AvgIpc) is 3.06. The molecule has 0 radical (unpaired) electrons. The first-order chi connectivity index (χ1) is 11.3. The number of aliphatic imine (C=N–C) groups is 1. The van der Waals surface area contributed by atoms with Crippen molar-refractivity contribution >= 4 is 5.96 Å². The summed E-state index contributed by atoms with van der Waals surface area (Å²) in [5.74, 6) is 1.18. The number of guanidine groups is 1. The minimum Gasteiger partial charge on any atom is -0.508 e. The van der Waals surface area contributed by atoms with E-state index in [1.54, 1.807) is 12.1 Å². The highest BCUT2D eigenvalue weighted by atomic mass is 16.3. The molecule has 0 aliphatic rings. The fraction of sp³-hybridized carbons (Fsp3) is 0.389. The van der Waals surface area contributed by atoms with Crippen LogP contribution in [0.1, 0.15) is 18.9 Å². The summed E-state index contributed by atoms with van der Waals surface area (Å²) in [7, 11) is 0. The van der Waals surface area contributed by atoms with Crippen LogP contribution in [0.25, 0.3) is 0 Å². The van der Waals surface area contributed by atoms with Gasteiger partial charge in [0.15, 0.2) is 5.96 Å². The van der Waals surface area contributed by atoms with Gasteiger partial charge in [-0.15, -0.1) is 0 Å². The molecule has 0 saturated carbocycles. The summed E-state index contributed by atoms with van der Waals surface area (Å²) in [6.07, 6.45) is 6.07. The Bertz CT molecular complexity index is 576. The van der Waals surface area contributed by atoms with Gasteiger partial charge in [-0.3, -0.25) is 4.99 Å². The molecule has 0 spiro atoms. The Balaban J connectivity index is 1.70. The van der Waals surface area contributed by atoms with Crippen molar-refractivity contribution in [2.24, 2.45) is 4.99 Å². The van der Waals surface area contributed by atoms with Gasteiger partial charge in [-0.1, -0.05) is 12.1 Å². The second-order valence-electron chi connectivity index (χ2n) is 5.38. The second-order valence-corrected chi connectivity index (χ2v) is 5.38. The first-order valence-corrected chi connectivity index (χ1v) is 8.19. The normalized spacial score (nSPS) is 11.4. The van der Waals surface area contributed by atoms with E-state index >= 15 is 0 Å². The highest BCUT2D eigenvalue weighted by Crippen LogP contribution is 2.10. The van der Waals surface area contributed by atoms with Crippen LogP contribution in [0.15, 0.2) is 53.8 Å². The van der Waals surface area contributed by atoms with Gasteiger partial charge in [0.1, 0.15) is 5.75 Å². The molecule has 2 aromatic rings. The Morgan fingerprint density at radius 1 is 1.13 bits per heavy atom. The largest absolute Gasteiger partial charge is 0.508 e. The predicted octanol–water partition coefficient (Wildman–Crippen LogP) is 2.38. The molecule has 1 aromatic heterocycles. The molecule has 0 amide bonds. The molecule has 0 atom stereocenters. The lowest BCUT2D eigenvalue weighted by molar-refractivity contribution is 0.475. The van der Waals surface area contributed by atoms with Crippen LogP contribution < -0.4 is 10.6 Å². The van der Waals surface area contributed by atoms with Crippen LogP contribution in [0.4, 0.5) is 0 Å². The third kappa shape index (κ3) is 6.46. The highest BCUT2D eigenvalue weighted by molar-refractivity contribution is 5.79. The number of hydrogen-bond donors (Lipinski definition) is 3. The third-order valence-electron chi connectivity index (χ3n) is 3.50. The number of benzene rings is 1. The van der Waals surface area contributed by atoms with Gasteiger partial charge in [-0.05, 0) is 49.6 Å². The van der Waals surface area contributed by atoms with Crippen molar-refractivity contribution in [2.75, 3.05) is 19.6 Å². The molecule has 23 heavy (non-hydrogen) atoms. The number of aryl methyl sites for hydroxylation is 1. The molecular weight excluding hydrogens is 288 g/mol. The Hall–Kier alpha value is -2.43. The van der Waals surface area contributed by atoms with Crippen molar-refractivity contribution in [1.29, 1.82) is 0 Å². The number of phenolic OH excluding ortho intramolecular Hbond substituents is 1. The number of aromatic hydroxyl groups is 1. The van der Waals surface area contributed by atoms with Crippen molar-refractivity contribution in [2.45, 2.75) is 26.3 Å². The number of aromatic nitrogens is 1. The summed E-state index contributed by atoms with van der Waals surface area (Å²) in [5.41, 5.74) is 1.23. The summed E-state index contributed by atoms with van der Waals surface area (Å²) < 4.78 is 2.14. The minimum atomic E-state index is 0.313. The Morgan fingerprint density at radius 2 is 1.87 bits per heavy atom. The van der Waals surface area contributed by atoms with E-state index in [0.717, 1.165) is 45.0 Å². The van der Waals surface area contributed by atoms with Gasteiger partial charge in [0.05, 0.1) is 0 Å². The molecule has 0 fully saturated rings. The molecule has 0 aliphatic heterocycles. The topological polar surface area (TPSA) is 61.6 Å². The van der Waals surface area contributed by atoms with Gasteiger partial charge in [0, 0.05) is 38.6 Å². The standard InChI is InChI=1S/C18H26N4O/c1-2-19-18(21-12-15-22-13-3-4-14-22)20-11-5-6-16-7-9-17(23)10-8-16/h3-4,7-10,13-14,23H,2,5-6,11-12,15H2,1H3,(H2,19,20,21). The summed E-state index contributed by atoms with van der Waals surface area (Å²) >= 11 is 0. The van der Waals surface area contributed by atoms with Crippen molar-refractivity contribution in [3.63, 3.8) is 0 Å². The first kappa shape index (κ1) is 16.9. The molecule has 0 bridgehead atoms. The van der Waals surface area contributed by atoms with Gasteiger partial charge in [-0.25, -0.2) is 0 Å². The first-order valence-electron chi connectivity index (χ1n) is 8.19. The third-order valence-corrected chi connectivity index (χ3v) is 3.50. The van der Waals surface area contributed by atoms with Crippen molar-refractivity contribution in [3.8, 4) is 5.75 Å². The van der Waals surface area contributed by atoms with Crippen LogP contribution >= 0.6 is 0 Å². The summed E-state index contributed by atoms with van der Waals surface area (Å²) in [5, 5.41) is 15.9. The lowest BCUT2D eigenvalue weighted by Crippen LogP contribution is -2.38. The molecular formula is C18H26N4O. The number of phenols is 1. The van der Waals surface area contributed by atoms with Crippen LogP contribution in [0.5, 0.6) is 5.75 Å². The maximum absolute atomic E-state index is 9.27. The Morgan fingerprint density at radius 3 is 2.57 bits per heavy atom. The molecule has 0 aliphatic carbocycles. The van der Waals surface area contributed by atoms with E-state index in [1.165, 1.54) is 5.56 Å². The SMILES string of the molecule is CCNC(=NCCCc1ccc(O)cc1)NCCn1cccc1. The maximum Gasteiger partial charge on any atom is 0.191 e. The summed E-state index contributed by atoms with van der Waals surface area (Å²) in [4.78, 5) is 4.60. The van der Waals surface area contributed by atoms with Crippen molar-refractivity contribution < 1.29 is 5.11 Å². The van der Waals surface area contributed by atoms with Gasteiger partial charge in [0.25, 0.3) is 0 Å². The molecule has 3 N–H and O–H groups in total. The van der Waals surface area contributed by atoms with E-state index in [0.29, 0.717) is 5.75 Å². The lowest BCUT2D eigenvalue weighted by atomic mass is 10.1. The van der Waals surface area contributed by atoms with Crippen LogP contribution in [0.2, 0.25) is 0 Å². The molecule has 124 valence electrons. The van der Waals surface area contributed by atoms with Crippen LogP contribution in [0, 0.1) is 0 Å². The van der Waals surface area contributed by atoms with Crippen molar-refractivity contribution in [1.82, 2.24) is 15.2 Å². The average molecular weight is 314 g/mol. The zero-order chi connectivity index (χ0) is 16.3. The molecule has 5 nitrogen and oxygen atoms in total. The van der Waals surface area contributed by atoms with Crippen LogP contribution in [-0.4, -0.2) is 35.3 Å². The monoisotopic (exact) mass is 314 g/mol. The number of hydrogen-bond acceptors (Lipinski definition) is 2. The Labute approximate surface area is 138 Å². The summed E-state index contributed by atoms with van der Waals surface area (Å²) in [6, 6.07) is 11.4. The molecule has 0 unspecified atom stereocenters. The fourth-order valence-corrected chi connectivity index (χ4v) is 2.30. The second kappa shape index (κ2) is 9.56. The molecule has 0 saturated heterocycles. The van der Waals surface area contributed by atoms with Crippen LogP contribution in [-0.2, 0) is 13.0 Å². The molecule has 1 heterocycles. The van der Waals surface area contributed by atoms with Crippen molar-refractivity contribution in [3.05, 3.63) is 54.4 Å². The van der Waals surface area contributed by atoms with E-state index in [1.807, 2.05) is 24.3 Å². The quantitative estimate of drug-likeness (QED) is 0.398. The predicted molar refractivity (Wildman–Crippen MR) is 94.8 cm³/mol. The highest BCUT2D eigenvalue weighted by Gasteiger charge is 1.98. The molecule has 1 aromatic carbocycles. The van der Waals surface area contributed by atoms with E-state index in [9.17, 15) is 5.11 Å². The number of rotatable bonds is 8. The smallest absolute Gasteiger partial charge is 0.191 e. The zero-order valence-electron chi connectivity index (χ0n) is 13.7. The van der Waals surface area contributed by atoms with Gasteiger partial charge in [-0.2, -0.15) is 0 Å². The minimum absolute atomic E-state index is 0.313. The van der Waals surface area contributed by atoms with Crippen LogP contribution in [0.3, 0.4) is 0 Å². The molecule has 2 rings (SSSR count). The maximum atomic E-state index is 9.27. The van der Waals surface area contributed by atoms with Gasteiger partial charge >= 0.3 is 0 Å². The Kier molecular flexibility index (Phi) is 7.04. The fourth-order valence-electron chi connectivity index (χ4n) is 2.30. The van der Waals surface area contributed by atoms with E-state index in [-0.39, 0.29) is 0 Å². The lowest BCUT2D eigenvalue weighted by Gasteiger charge is -2.11. The zero-order valence-corrected chi connectivity index (χ0v) is 13.7. The van der Waals surface area contributed by atoms with E-state index in [4.69, 9.17) is 0 Å². The van der Waals surface area contributed by atoms with E-state index < -0.39 is 0 Å². The van der Waals surface area contributed by atoms with Gasteiger partial charge < -0.3 is 20.3 Å².